The highest BCUT2D eigenvalue weighted by atomic mass is 16.2. The maximum atomic E-state index is 12.9. The van der Waals surface area contributed by atoms with Crippen LogP contribution in [0.3, 0.4) is 0 Å². The zero-order valence-corrected chi connectivity index (χ0v) is 16.1. The van der Waals surface area contributed by atoms with Gasteiger partial charge in [-0.2, -0.15) is 4.80 Å². The molecule has 7 heteroatoms. The number of Topliss-reactive ketones (excluding diaryl/α,β-unsaturated/α-hetero) is 1. The number of carbonyl (C=O) groups excluding carboxylic acids is 2. The molecule has 0 fully saturated rings. The minimum Gasteiger partial charge on any atom is -0.312 e. The van der Waals surface area contributed by atoms with Gasteiger partial charge in [-0.25, -0.2) is 0 Å². The minimum absolute atomic E-state index is 0.0154. The molecule has 1 aliphatic heterocycles. The Bertz CT molecular complexity index is 1050. The summed E-state index contributed by atoms with van der Waals surface area (Å²) < 4.78 is 0. The van der Waals surface area contributed by atoms with Gasteiger partial charge in [0.2, 0.25) is 11.7 Å². The summed E-state index contributed by atoms with van der Waals surface area (Å²) in [5.74, 6) is 0.421. The molecular weight excluding hydrogens is 354 g/mol. The van der Waals surface area contributed by atoms with E-state index in [1.807, 2.05) is 43.3 Å². The van der Waals surface area contributed by atoms with Gasteiger partial charge in [-0.05, 0) is 49.2 Å². The lowest BCUT2D eigenvalue weighted by Crippen LogP contribution is -2.25. The molecule has 0 radical (unpaired) electrons. The number of hydrogen-bond donors (Lipinski definition) is 0. The molecule has 1 aromatic heterocycles. The second-order valence-electron chi connectivity index (χ2n) is 7.10. The van der Waals surface area contributed by atoms with Crippen molar-refractivity contribution in [2.24, 2.45) is 0 Å². The minimum atomic E-state index is -0.574. The molecule has 2 heterocycles. The monoisotopic (exact) mass is 375 g/mol. The van der Waals surface area contributed by atoms with E-state index in [9.17, 15) is 9.59 Å². The van der Waals surface area contributed by atoms with Crippen molar-refractivity contribution in [1.82, 2.24) is 20.2 Å². The van der Waals surface area contributed by atoms with Crippen molar-refractivity contribution < 1.29 is 9.59 Å². The molecule has 0 N–H and O–H groups in total. The molecule has 3 aromatic rings. The lowest BCUT2D eigenvalue weighted by atomic mass is 10.0. The van der Waals surface area contributed by atoms with Crippen LogP contribution < -0.4 is 4.90 Å². The van der Waals surface area contributed by atoms with Crippen molar-refractivity contribution in [1.29, 1.82) is 0 Å². The second kappa shape index (κ2) is 6.99. The fourth-order valence-electron chi connectivity index (χ4n) is 3.44. The van der Waals surface area contributed by atoms with Gasteiger partial charge in [-0.1, -0.05) is 29.8 Å². The number of aromatic nitrogens is 4. The Labute approximate surface area is 163 Å². The summed E-state index contributed by atoms with van der Waals surface area (Å²) in [5, 5.41) is 12.5. The van der Waals surface area contributed by atoms with Gasteiger partial charge in [-0.15, -0.1) is 10.2 Å². The zero-order chi connectivity index (χ0) is 19.8. The molecule has 7 nitrogen and oxygen atoms in total. The molecule has 2 aromatic carbocycles. The number of tetrazole rings is 1. The first kappa shape index (κ1) is 18.0. The molecule has 28 heavy (non-hydrogen) atoms. The number of hydrogen-bond acceptors (Lipinski definition) is 5. The number of nitrogens with zero attached hydrogens (tertiary/aromatic N) is 5. The second-order valence-corrected chi connectivity index (χ2v) is 7.10. The van der Waals surface area contributed by atoms with E-state index in [0.29, 0.717) is 17.9 Å². The van der Waals surface area contributed by atoms with E-state index in [2.05, 4.69) is 15.4 Å². The van der Waals surface area contributed by atoms with Gasteiger partial charge in [0.05, 0.1) is 0 Å². The molecule has 1 amide bonds. The topological polar surface area (TPSA) is 81.0 Å². The lowest BCUT2D eigenvalue weighted by Gasteiger charge is -2.15. The first-order valence-corrected chi connectivity index (χ1v) is 9.26. The largest absolute Gasteiger partial charge is 0.312 e. The Balaban J connectivity index is 1.56. The fourth-order valence-corrected chi connectivity index (χ4v) is 3.44. The van der Waals surface area contributed by atoms with Crippen LogP contribution in [-0.2, 0) is 11.2 Å². The third-order valence-electron chi connectivity index (χ3n) is 5.10. The number of carbonyl (C=O) groups is 2. The van der Waals surface area contributed by atoms with Crippen molar-refractivity contribution in [3.05, 3.63) is 59.2 Å². The summed E-state index contributed by atoms with van der Waals surface area (Å²) in [6.45, 7) is 5.99. The van der Waals surface area contributed by atoms with E-state index in [0.717, 1.165) is 28.8 Å². The van der Waals surface area contributed by atoms with E-state index in [4.69, 9.17) is 0 Å². The van der Waals surface area contributed by atoms with Crippen LogP contribution in [0.4, 0.5) is 5.69 Å². The highest BCUT2D eigenvalue weighted by Gasteiger charge is 2.25. The van der Waals surface area contributed by atoms with Crippen molar-refractivity contribution in [3.8, 4) is 11.4 Å². The lowest BCUT2D eigenvalue weighted by molar-refractivity contribution is -0.116. The number of fused-ring (bicyclic) bond motifs is 1. The van der Waals surface area contributed by atoms with Crippen LogP contribution in [0.2, 0.25) is 0 Å². The number of benzene rings is 2. The smallest absolute Gasteiger partial charge is 0.223 e. The molecule has 4 rings (SSSR count). The van der Waals surface area contributed by atoms with Crippen molar-refractivity contribution in [3.63, 3.8) is 0 Å². The van der Waals surface area contributed by atoms with E-state index in [-0.39, 0.29) is 11.7 Å². The molecule has 0 saturated carbocycles. The van der Waals surface area contributed by atoms with Gasteiger partial charge >= 0.3 is 0 Å². The van der Waals surface area contributed by atoms with Crippen LogP contribution in [0, 0.1) is 6.92 Å². The first-order valence-electron chi connectivity index (χ1n) is 9.26. The quantitative estimate of drug-likeness (QED) is 0.655. The number of anilines is 1. The summed E-state index contributed by atoms with van der Waals surface area (Å²) >= 11 is 0. The summed E-state index contributed by atoms with van der Waals surface area (Å²) in [5.41, 5.74) is 4.50. The zero-order valence-electron chi connectivity index (χ0n) is 16.1. The highest BCUT2D eigenvalue weighted by Crippen LogP contribution is 2.30. The van der Waals surface area contributed by atoms with E-state index in [1.165, 1.54) is 4.80 Å². The Morgan fingerprint density at radius 2 is 1.86 bits per heavy atom. The molecule has 0 saturated heterocycles. The number of rotatable bonds is 4. The number of aryl methyl sites for hydroxylation is 1. The summed E-state index contributed by atoms with van der Waals surface area (Å²) in [7, 11) is 0. The predicted molar refractivity (Wildman–Crippen MR) is 105 cm³/mol. The van der Waals surface area contributed by atoms with Crippen molar-refractivity contribution in [2.75, 3.05) is 11.4 Å². The van der Waals surface area contributed by atoms with Crippen LogP contribution in [0.25, 0.3) is 11.4 Å². The molecule has 142 valence electrons. The Morgan fingerprint density at radius 3 is 2.57 bits per heavy atom. The highest BCUT2D eigenvalue weighted by molar-refractivity contribution is 6.00. The average Bonchev–Trinajstić information content (AvgIpc) is 3.34. The van der Waals surface area contributed by atoms with Crippen molar-refractivity contribution in [2.45, 2.75) is 33.2 Å². The van der Waals surface area contributed by atoms with Crippen LogP contribution in [-0.4, -0.2) is 38.4 Å². The van der Waals surface area contributed by atoms with Crippen LogP contribution in [0.1, 0.15) is 41.4 Å². The Morgan fingerprint density at radius 1 is 1.11 bits per heavy atom. The molecule has 0 bridgehead atoms. The van der Waals surface area contributed by atoms with E-state index in [1.54, 1.807) is 24.8 Å². The van der Waals surface area contributed by atoms with Gasteiger partial charge in [0.15, 0.2) is 5.78 Å². The number of ketones is 1. The fraction of sp³-hybridized carbons (Fsp3) is 0.286. The average molecular weight is 375 g/mol. The van der Waals surface area contributed by atoms with E-state index < -0.39 is 6.04 Å². The summed E-state index contributed by atoms with van der Waals surface area (Å²) in [6.07, 6.45) is 0.754. The third kappa shape index (κ3) is 3.19. The third-order valence-corrected chi connectivity index (χ3v) is 5.10. The molecule has 1 aliphatic rings. The normalized spacial score (nSPS) is 14.0. The Kier molecular flexibility index (Phi) is 4.50. The molecule has 0 unspecified atom stereocenters. The van der Waals surface area contributed by atoms with Crippen LogP contribution in [0.5, 0.6) is 0 Å². The SMILES string of the molecule is CC(=O)N1CCc2cc(C(=O)[C@H](C)n3nnc(-c4ccc(C)cc4)n3)ccc21. The van der Waals surface area contributed by atoms with Gasteiger partial charge in [-0.3, -0.25) is 9.59 Å². The molecular formula is C21H21N5O2. The summed E-state index contributed by atoms with van der Waals surface area (Å²) in [6, 6.07) is 12.7. The maximum absolute atomic E-state index is 12.9. The standard InChI is InChI=1S/C21H21N5O2/c1-13-4-6-16(7-5-13)21-22-24-26(23-21)14(2)20(28)18-8-9-19-17(12-18)10-11-25(19)15(3)27/h4-9,12,14H,10-11H2,1-3H3/t14-/m0/s1. The van der Waals surface area contributed by atoms with Crippen LogP contribution in [0.15, 0.2) is 42.5 Å². The van der Waals surface area contributed by atoms with Gasteiger partial charge in [0.25, 0.3) is 0 Å². The van der Waals surface area contributed by atoms with Gasteiger partial charge in [0.1, 0.15) is 6.04 Å². The molecule has 1 atom stereocenters. The van der Waals surface area contributed by atoms with Crippen molar-refractivity contribution >= 4 is 17.4 Å². The van der Waals surface area contributed by atoms with Gasteiger partial charge in [0, 0.05) is 30.3 Å². The Hall–Kier alpha value is -3.35. The predicted octanol–water partition coefficient (Wildman–Crippen LogP) is 3.00. The van der Waals surface area contributed by atoms with Crippen LogP contribution >= 0.6 is 0 Å². The first-order chi connectivity index (χ1) is 13.4. The molecule has 0 aliphatic carbocycles. The summed E-state index contributed by atoms with van der Waals surface area (Å²) in [4.78, 5) is 27.7. The number of amides is 1. The van der Waals surface area contributed by atoms with E-state index >= 15 is 0 Å². The maximum Gasteiger partial charge on any atom is 0.223 e. The molecule has 0 spiro atoms. The van der Waals surface area contributed by atoms with Gasteiger partial charge < -0.3 is 4.90 Å².